The Morgan fingerprint density at radius 1 is 1.11 bits per heavy atom. The van der Waals surface area contributed by atoms with Crippen LogP contribution in [-0.4, -0.2) is 77.0 Å². The fourth-order valence-corrected chi connectivity index (χ4v) is 4.33. The average molecular weight is 529 g/mol. The van der Waals surface area contributed by atoms with E-state index in [0.717, 1.165) is 29.4 Å². The van der Waals surface area contributed by atoms with Gasteiger partial charge < -0.3 is 42.8 Å². The molecular formula is C25H36N8O5. The molecule has 0 aliphatic carbocycles. The lowest BCUT2D eigenvalue weighted by Crippen LogP contribution is -2.57. The van der Waals surface area contributed by atoms with Gasteiger partial charge in [0.2, 0.25) is 17.7 Å². The van der Waals surface area contributed by atoms with Crippen LogP contribution < -0.4 is 32.7 Å². The normalized spacial score (nSPS) is 17.2. The second kappa shape index (κ2) is 13.4. The molecule has 1 aliphatic rings. The molecule has 4 unspecified atom stereocenters. The van der Waals surface area contributed by atoms with Crippen LogP contribution >= 0.6 is 0 Å². The van der Waals surface area contributed by atoms with Crippen LogP contribution in [0.1, 0.15) is 38.2 Å². The minimum Gasteiger partial charge on any atom is -0.480 e. The van der Waals surface area contributed by atoms with Gasteiger partial charge in [0.15, 0.2) is 5.96 Å². The summed E-state index contributed by atoms with van der Waals surface area (Å²) in [6.45, 7) is 2.27. The van der Waals surface area contributed by atoms with E-state index in [-0.39, 0.29) is 31.3 Å². The number of amides is 3. The van der Waals surface area contributed by atoms with E-state index < -0.39 is 42.0 Å². The van der Waals surface area contributed by atoms with Crippen molar-refractivity contribution in [1.29, 1.82) is 0 Å². The Morgan fingerprint density at radius 2 is 1.84 bits per heavy atom. The summed E-state index contributed by atoms with van der Waals surface area (Å²) in [6.07, 6.45) is 4.00. The summed E-state index contributed by atoms with van der Waals surface area (Å²) < 4.78 is 0. The minimum atomic E-state index is -1.21. The summed E-state index contributed by atoms with van der Waals surface area (Å²) in [7, 11) is 0. The lowest BCUT2D eigenvalue weighted by atomic mass is 10.0. The zero-order valence-corrected chi connectivity index (χ0v) is 21.3. The summed E-state index contributed by atoms with van der Waals surface area (Å²) in [5, 5.41) is 21.2. The number of hydrogen-bond donors (Lipinski definition) is 8. The maximum absolute atomic E-state index is 13.5. The number of guanidine groups is 1. The minimum absolute atomic E-state index is 0.100. The van der Waals surface area contributed by atoms with Crippen molar-refractivity contribution >= 4 is 40.6 Å². The second-order valence-electron chi connectivity index (χ2n) is 9.35. The number of hydrogen-bond acceptors (Lipinski definition) is 6. The van der Waals surface area contributed by atoms with Crippen LogP contribution in [-0.2, 0) is 25.6 Å². The van der Waals surface area contributed by atoms with Gasteiger partial charge in [-0.3, -0.25) is 24.2 Å². The van der Waals surface area contributed by atoms with E-state index in [0.29, 0.717) is 12.8 Å². The summed E-state index contributed by atoms with van der Waals surface area (Å²) >= 11 is 0. The molecule has 0 radical (unpaired) electrons. The first-order valence-electron chi connectivity index (χ1n) is 12.6. The molecule has 3 amide bonds. The number of carbonyl (C=O) groups excluding carboxylic acids is 3. The van der Waals surface area contributed by atoms with Gasteiger partial charge in [0.05, 0.1) is 6.04 Å². The summed E-state index contributed by atoms with van der Waals surface area (Å²) in [5.74, 6) is -2.83. The maximum Gasteiger partial charge on any atom is 0.325 e. The average Bonchev–Trinajstić information content (AvgIpc) is 3.56. The van der Waals surface area contributed by atoms with Crippen LogP contribution in [0.2, 0.25) is 0 Å². The van der Waals surface area contributed by atoms with E-state index >= 15 is 0 Å². The second-order valence-corrected chi connectivity index (χ2v) is 9.35. The molecule has 0 spiro atoms. The van der Waals surface area contributed by atoms with Crippen LogP contribution in [0.3, 0.4) is 0 Å². The third kappa shape index (κ3) is 7.93. The lowest BCUT2D eigenvalue weighted by Gasteiger charge is -2.25. The Hall–Kier alpha value is -4.13. The number of carboxylic acids is 1. The molecule has 2 heterocycles. The Morgan fingerprint density at radius 3 is 2.53 bits per heavy atom. The predicted octanol–water partition coefficient (Wildman–Crippen LogP) is -0.925. The smallest absolute Gasteiger partial charge is 0.325 e. The molecule has 1 aromatic heterocycles. The van der Waals surface area contributed by atoms with Gasteiger partial charge in [-0.25, -0.2) is 0 Å². The van der Waals surface area contributed by atoms with E-state index in [4.69, 9.17) is 11.5 Å². The number of benzene rings is 1. The number of nitrogens with one attached hydrogen (secondary N) is 5. The van der Waals surface area contributed by atoms with Gasteiger partial charge >= 0.3 is 5.97 Å². The Bertz CT molecular complexity index is 1170. The highest BCUT2D eigenvalue weighted by Gasteiger charge is 2.31. The molecule has 4 atom stereocenters. The molecule has 10 N–H and O–H groups in total. The highest BCUT2D eigenvalue weighted by molar-refractivity contribution is 5.95. The van der Waals surface area contributed by atoms with Gasteiger partial charge in [-0.2, -0.15) is 0 Å². The van der Waals surface area contributed by atoms with Crippen molar-refractivity contribution in [2.75, 3.05) is 13.1 Å². The van der Waals surface area contributed by atoms with E-state index in [1.807, 2.05) is 24.3 Å². The number of nitrogens with two attached hydrogens (primary N) is 2. The summed E-state index contributed by atoms with van der Waals surface area (Å²) in [6, 6.07) is 4.01. The van der Waals surface area contributed by atoms with Crippen molar-refractivity contribution in [3.05, 3.63) is 36.0 Å². The Kier molecular flexibility index (Phi) is 10.0. The fraction of sp³-hybridized carbons (Fsp3) is 0.480. The number of rotatable bonds is 13. The molecule has 0 saturated carbocycles. The Balaban J connectivity index is 1.79. The van der Waals surface area contributed by atoms with Crippen LogP contribution in [0.15, 0.2) is 35.5 Å². The molecule has 3 rings (SSSR count). The van der Waals surface area contributed by atoms with Crippen molar-refractivity contribution in [3.63, 3.8) is 0 Å². The van der Waals surface area contributed by atoms with E-state index in [1.165, 1.54) is 6.92 Å². The summed E-state index contributed by atoms with van der Waals surface area (Å²) in [4.78, 5) is 57.6. The zero-order chi connectivity index (χ0) is 27.7. The zero-order valence-electron chi connectivity index (χ0n) is 21.3. The number of fused-ring (bicyclic) bond motifs is 1. The topological polar surface area (TPSA) is 217 Å². The standard InChI is InChI=1S/C25H36N8O5/c1-14(24(37)38)31-22(35)19(9-5-11-29-25(26)27)32-23(36)20(33-21(34)18-8-4-10-28-18)12-15-13-30-17-7-3-2-6-16(15)17/h2-3,6-7,13-14,18-20,28,30H,4-5,8-12H2,1H3,(H,31,35)(H,32,36)(H,33,34)(H,37,38)(H4,26,27,29). The van der Waals surface area contributed by atoms with Crippen molar-refractivity contribution in [2.45, 2.75) is 63.2 Å². The molecule has 1 aliphatic heterocycles. The van der Waals surface area contributed by atoms with E-state index in [9.17, 15) is 24.3 Å². The van der Waals surface area contributed by atoms with Gasteiger partial charge in [0, 0.05) is 30.1 Å². The number of carboxylic acid groups (broad SMARTS) is 1. The van der Waals surface area contributed by atoms with E-state index in [1.54, 1.807) is 6.20 Å². The fourth-order valence-electron chi connectivity index (χ4n) is 4.33. The van der Waals surface area contributed by atoms with Crippen LogP contribution in [0.5, 0.6) is 0 Å². The first-order chi connectivity index (χ1) is 18.2. The number of nitrogens with zero attached hydrogens (tertiary/aromatic N) is 1. The molecule has 0 bridgehead atoms. The SMILES string of the molecule is CC(NC(=O)C(CCCN=C(N)N)NC(=O)C(Cc1c[nH]c2ccccc12)NC(=O)C1CCCN1)C(=O)O. The predicted molar refractivity (Wildman–Crippen MR) is 142 cm³/mol. The first kappa shape index (κ1) is 28.4. The van der Waals surface area contributed by atoms with Crippen molar-refractivity contribution in [2.24, 2.45) is 16.5 Å². The molecular weight excluding hydrogens is 492 g/mol. The van der Waals surface area contributed by atoms with Gasteiger partial charge in [-0.15, -0.1) is 0 Å². The molecule has 1 saturated heterocycles. The van der Waals surface area contributed by atoms with Gasteiger partial charge in [-0.1, -0.05) is 18.2 Å². The van der Waals surface area contributed by atoms with Gasteiger partial charge in [0.1, 0.15) is 18.1 Å². The third-order valence-electron chi connectivity index (χ3n) is 6.42. The van der Waals surface area contributed by atoms with Crippen molar-refractivity contribution in [3.8, 4) is 0 Å². The number of aliphatic carboxylic acids is 1. The lowest BCUT2D eigenvalue weighted by molar-refractivity contribution is -0.141. The largest absolute Gasteiger partial charge is 0.480 e. The maximum atomic E-state index is 13.5. The highest BCUT2D eigenvalue weighted by atomic mass is 16.4. The van der Waals surface area contributed by atoms with E-state index in [2.05, 4.69) is 31.2 Å². The third-order valence-corrected chi connectivity index (χ3v) is 6.42. The van der Waals surface area contributed by atoms with Crippen LogP contribution in [0, 0.1) is 0 Å². The van der Waals surface area contributed by atoms with Crippen LogP contribution in [0.4, 0.5) is 0 Å². The molecule has 1 aromatic carbocycles. The molecule has 1 fully saturated rings. The quantitative estimate of drug-likeness (QED) is 0.0921. The summed E-state index contributed by atoms with van der Waals surface area (Å²) in [5.41, 5.74) is 12.4. The monoisotopic (exact) mass is 528 g/mol. The van der Waals surface area contributed by atoms with Gasteiger partial charge in [-0.05, 0) is 50.8 Å². The highest BCUT2D eigenvalue weighted by Crippen LogP contribution is 2.19. The molecule has 2 aromatic rings. The molecule has 38 heavy (non-hydrogen) atoms. The Labute approximate surface area is 220 Å². The number of aliphatic imine (C=N–C) groups is 1. The van der Waals surface area contributed by atoms with Crippen molar-refractivity contribution in [1.82, 2.24) is 26.3 Å². The molecule has 13 heteroatoms. The van der Waals surface area contributed by atoms with Crippen LogP contribution in [0.25, 0.3) is 10.9 Å². The number of aromatic nitrogens is 1. The number of aromatic amines is 1. The first-order valence-corrected chi connectivity index (χ1v) is 12.6. The number of H-pyrrole nitrogens is 1. The number of para-hydroxylation sites is 1. The number of carbonyl (C=O) groups is 4. The van der Waals surface area contributed by atoms with Gasteiger partial charge in [0.25, 0.3) is 0 Å². The van der Waals surface area contributed by atoms with Crippen molar-refractivity contribution < 1.29 is 24.3 Å². The molecule has 13 nitrogen and oxygen atoms in total. The molecule has 206 valence electrons.